The van der Waals surface area contributed by atoms with Crippen LogP contribution in [0.5, 0.6) is 0 Å². The van der Waals surface area contributed by atoms with E-state index < -0.39 is 6.04 Å². The van der Waals surface area contributed by atoms with E-state index in [0.29, 0.717) is 33.1 Å². The largest absolute Gasteiger partial charge is 0.381 e. The Morgan fingerprint density at radius 2 is 1.95 bits per heavy atom. The van der Waals surface area contributed by atoms with Gasteiger partial charge in [0.1, 0.15) is 12.8 Å². The molecule has 1 unspecified atom stereocenters. The third-order valence-electron chi connectivity index (χ3n) is 3.59. The normalized spacial score (nSPS) is 22.1. The summed E-state index contributed by atoms with van der Waals surface area (Å²) in [5.74, 6) is -0.0264. The Labute approximate surface area is 112 Å². The fraction of sp³-hybridized carbons (Fsp3) is 0.833. The molecule has 7 heteroatoms. The highest BCUT2D eigenvalue weighted by molar-refractivity contribution is 5.87. The maximum atomic E-state index is 12.0. The number of carbonyl (C=O) groups is 2. The van der Waals surface area contributed by atoms with Crippen LogP contribution in [-0.2, 0) is 14.3 Å². The lowest BCUT2D eigenvalue weighted by molar-refractivity contribution is -0.124. The van der Waals surface area contributed by atoms with Crippen LogP contribution in [0.15, 0.2) is 0 Å². The lowest BCUT2D eigenvalue weighted by Gasteiger charge is -2.30. The SMILES string of the molecule is CNC(=O)C(NC(=O)N1CCOC1)C1CCOCC1. The number of amides is 3. The molecule has 0 aliphatic carbocycles. The molecule has 0 bridgehead atoms. The summed E-state index contributed by atoms with van der Waals surface area (Å²) in [6, 6.07) is -0.736. The zero-order valence-electron chi connectivity index (χ0n) is 11.2. The summed E-state index contributed by atoms with van der Waals surface area (Å²) < 4.78 is 10.4. The van der Waals surface area contributed by atoms with E-state index in [1.807, 2.05) is 0 Å². The summed E-state index contributed by atoms with van der Waals surface area (Å²) in [4.78, 5) is 25.6. The highest BCUT2D eigenvalue weighted by Crippen LogP contribution is 2.19. The quantitative estimate of drug-likeness (QED) is 0.727. The number of carbonyl (C=O) groups excluding carboxylic acids is 2. The molecule has 108 valence electrons. The summed E-state index contributed by atoms with van der Waals surface area (Å²) in [6.45, 7) is 2.69. The van der Waals surface area contributed by atoms with Gasteiger partial charge in [0.15, 0.2) is 0 Å². The number of rotatable bonds is 3. The van der Waals surface area contributed by atoms with Gasteiger partial charge in [-0.2, -0.15) is 0 Å². The Balaban J connectivity index is 1.96. The van der Waals surface area contributed by atoms with E-state index in [2.05, 4.69) is 10.6 Å². The third kappa shape index (κ3) is 3.57. The predicted molar refractivity (Wildman–Crippen MR) is 67.5 cm³/mol. The van der Waals surface area contributed by atoms with Gasteiger partial charge in [-0.05, 0) is 18.8 Å². The van der Waals surface area contributed by atoms with Crippen molar-refractivity contribution in [1.82, 2.24) is 15.5 Å². The molecule has 1 atom stereocenters. The highest BCUT2D eigenvalue weighted by Gasteiger charge is 2.32. The van der Waals surface area contributed by atoms with Crippen LogP contribution in [0.2, 0.25) is 0 Å². The summed E-state index contributed by atoms with van der Waals surface area (Å²) >= 11 is 0. The van der Waals surface area contributed by atoms with Crippen molar-refractivity contribution in [3.63, 3.8) is 0 Å². The van der Waals surface area contributed by atoms with Gasteiger partial charge in [-0.25, -0.2) is 4.79 Å². The molecular formula is C12H21N3O4. The minimum atomic E-state index is -0.498. The minimum Gasteiger partial charge on any atom is -0.381 e. The van der Waals surface area contributed by atoms with E-state index >= 15 is 0 Å². The Bertz CT molecular complexity index is 325. The van der Waals surface area contributed by atoms with Crippen LogP contribution < -0.4 is 10.6 Å². The molecule has 0 aromatic heterocycles. The van der Waals surface area contributed by atoms with E-state index in [9.17, 15) is 9.59 Å². The molecule has 0 aromatic carbocycles. The summed E-state index contributed by atoms with van der Waals surface area (Å²) in [5.41, 5.74) is 0. The lowest BCUT2D eigenvalue weighted by atomic mass is 9.91. The first-order valence-corrected chi connectivity index (χ1v) is 6.65. The van der Waals surface area contributed by atoms with Gasteiger partial charge in [0.25, 0.3) is 0 Å². The second kappa shape index (κ2) is 6.72. The van der Waals surface area contributed by atoms with E-state index in [-0.39, 0.29) is 17.9 Å². The first kappa shape index (κ1) is 14.1. The number of urea groups is 1. The van der Waals surface area contributed by atoms with Crippen LogP contribution in [0, 0.1) is 5.92 Å². The maximum Gasteiger partial charge on any atom is 0.319 e. The zero-order chi connectivity index (χ0) is 13.7. The van der Waals surface area contributed by atoms with Crippen molar-refractivity contribution >= 4 is 11.9 Å². The van der Waals surface area contributed by atoms with Crippen molar-refractivity contribution < 1.29 is 19.1 Å². The minimum absolute atomic E-state index is 0.126. The molecule has 2 fully saturated rings. The number of hydrogen-bond acceptors (Lipinski definition) is 4. The summed E-state index contributed by atoms with van der Waals surface area (Å²) in [5, 5.41) is 5.43. The molecule has 2 aliphatic rings. The van der Waals surface area contributed by atoms with Crippen molar-refractivity contribution in [2.75, 3.05) is 40.1 Å². The smallest absolute Gasteiger partial charge is 0.319 e. The van der Waals surface area contributed by atoms with Gasteiger partial charge < -0.3 is 20.1 Å². The molecule has 0 spiro atoms. The van der Waals surface area contributed by atoms with Crippen LogP contribution in [0.3, 0.4) is 0 Å². The number of likely N-dealkylation sites (N-methyl/N-ethyl adjacent to an activating group) is 1. The Hall–Kier alpha value is -1.34. The van der Waals surface area contributed by atoms with Crippen molar-refractivity contribution in [3.05, 3.63) is 0 Å². The molecule has 2 rings (SSSR count). The predicted octanol–water partition coefficient (Wildman–Crippen LogP) is -0.473. The van der Waals surface area contributed by atoms with E-state index in [0.717, 1.165) is 12.8 Å². The van der Waals surface area contributed by atoms with Crippen LogP contribution in [-0.4, -0.2) is 63.0 Å². The maximum absolute atomic E-state index is 12.0. The molecule has 7 nitrogen and oxygen atoms in total. The van der Waals surface area contributed by atoms with Gasteiger partial charge in [-0.15, -0.1) is 0 Å². The fourth-order valence-corrected chi connectivity index (χ4v) is 2.40. The Kier molecular flexibility index (Phi) is 4.98. The van der Waals surface area contributed by atoms with Crippen LogP contribution in [0.25, 0.3) is 0 Å². The Morgan fingerprint density at radius 3 is 2.53 bits per heavy atom. The fourth-order valence-electron chi connectivity index (χ4n) is 2.40. The number of nitrogens with zero attached hydrogens (tertiary/aromatic N) is 1. The van der Waals surface area contributed by atoms with E-state index in [1.54, 1.807) is 11.9 Å². The van der Waals surface area contributed by atoms with Gasteiger partial charge in [-0.3, -0.25) is 9.69 Å². The summed E-state index contributed by atoms with van der Waals surface area (Å²) in [7, 11) is 1.58. The zero-order valence-corrected chi connectivity index (χ0v) is 11.2. The second-order valence-corrected chi connectivity index (χ2v) is 4.79. The molecule has 3 amide bonds. The van der Waals surface area contributed by atoms with Crippen LogP contribution in [0.4, 0.5) is 4.79 Å². The van der Waals surface area contributed by atoms with Gasteiger partial charge in [-0.1, -0.05) is 0 Å². The first-order chi connectivity index (χ1) is 9.22. The van der Waals surface area contributed by atoms with Gasteiger partial charge in [0, 0.05) is 26.8 Å². The van der Waals surface area contributed by atoms with Crippen LogP contribution in [0.1, 0.15) is 12.8 Å². The van der Waals surface area contributed by atoms with Gasteiger partial charge in [0.05, 0.1) is 6.61 Å². The monoisotopic (exact) mass is 271 g/mol. The van der Waals surface area contributed by atoms with Crippen molar-refractivity contribution in [3.8, 4) is 0 Å². The first-order valence-electron chi connectivity index (χ1n) is 6.65. The summed E-state index contributed by atoms with van der Waals surface area (Å²) in [6.07, 6.45) is 1.57. The molecule has 2 aliphatic heterocycles. The molecular weight excluding hydrogens is 250 g/mol. The Morgan fingerprint density at radius 1 is 1.21 bits per heavy atom. The molecule has 0 saturated carbocycles. The molecule has 19 heavy (non-hydrogen) atoms. The average molecular weight is 271 g/mol. The molecule has 2 saturated heterocycles. The number of ether oxygens (including phenoxy) is 2. The van der Waals surface area contributed by atoms with Gasteiger partial charge >= 0.3 is 6.03 Å². The average Bonchev–Trinajstić information content (AvgIpc) is 2.99. The van der Waals surface area contributed by atoms with E-state index in [4.69, 9.17) is 9.47 Å². The topological polar surface area (TPSA) is 79.9 Å². The number of nitrogens with one attached hydrogen (secondary N) is 2. The number of hydrogen-bond donors (Lipinski definition) is 2. The lowest BCUT2D eigenvalue weighted by Crippen LogP contribution is -2.54. The van der Waals surface area contributed by atoms with Crippen molar-refractivity contribution in [1.29, 1.82) is 0 Å². The third-order valence-corrected chi connectivity index (χ3v) is 3.59. The van der Waals surface area contributed by atoms with Gasteiger partial charge in [0.2, 0.25) is 5.91 Å². The van der Waals surface area contributed by atoms with Crippen molar-refractivity contribution in [2.24, 2.45) is 5.92 Å². The molecule has 0 aromatic rings. The van der Waals surface area contributed by atoms with Crippen molar-refractivity contribution in [2.45, 2.75) is 18.9 Å². The van der Waals surface area contributed by atoms with Crippen LogP contribution >= 0.6 is 0 Å². The highest BCUT2D eigenvalue weighted by atomic mass is 16.5. The molecule has 2 N–H and O–H groups in total. The molecule has 2 heterocycles. The second-order valence-electron chi connectivity index (χ2n) is 4.79. The standard InChI is InChI=1S/C12H21N3O4/c1-13-11(16)10(9-2-5-18-6-3-9)14-12(17)15-4-7-19-8-15/h9-10H,2-8H2,1H3,(H,13,16)(H,14,17). The molecule has 0 radical (unpaired) electrons. The van der Waals surface area contributed by atoms with E-state index in [1.165, 1.54) is 0 Å².